The van der Waals surface area contributed by atoms with Crippen molar-refractivity contribution in [2.24, 2.45) is 10.2 Å². The molecular weight excluding hydrogens is 485 g/mol. The molecule has 1 fully saturated rings. The fraction of sp³-hybridized carbons (Fsp3) is 0.385. The molecule has 0 unspecified atom stereocenters. The lowest BCUT2D eigenvalue weighted by molar-refractivity contribution is -0.451. The highest BCUT2D eigenvalue weighted by Crippen LogP contribution is 2.44. The molecule has 11 heteroatoms. The topological polar surface area (TPSA) is 64.7 Å². The normalized spacial score (nSPS) is 20.7. The average molecular weight is 515 g/mol. The Balaban J connectivity index is 1.43. The number of halogens is 3. The van der Waals surface area contributed by atoms with Gasteiger partial charge in [-0.2, -0.15) is 13.2 Å². The number of methoxy groups -OCH3 is 1. The van der Waals surface area contributed by atoms with Gasteiger partial charge in [-0.1, -0.05) is 18.7 Å². The molecule has 0 saturated carbocycles. The number of rotatable bonds is 9. The van der Waals surface area contributed by atoms with Crippen molar-refractivity contribution in [3.05, 3.63) is 84.2 Å². The highest BCUT2D eigenvalue weighted by molar-refractivity contribution is 5.80. The molecule has 0 aliphatic carbocycles. The van der Waals surface area contributed by atoms with Gasteiger partial charge in [-0.05, 0) is 34.5 Å². The number of hydrogen-bond acceptors (Lipinski definition) is 7. The van der Waals surface area contributed by atoms with E-state index in [9.17, 15) is 13.2 Å². The first-order valence-electron chi connectivity index (χ1n) is 11.9. The molecular formula is C26H29F3N6O2+. The number of fused-ring (bicyclic) bond motifs is 1. The van der Waals surface area contributed by atoms with Crippen LogP contribution in [0, 0.1) is 6.67 Å². The maximum atomic E-state index is 14.1. The Morgan fingerprint density at radius 2 is 2.05 bits per heavy atom. The molecule has 5 rings (SSSR count). The third-order valence-electron chi connectivity index (χ3n) is 6.88. The van der Waals surface area contributed by atoms with Crippen LogP contribution < -0.4 is 10.2 Å². The van der Waals surface area contributed by atoms with E-state index in [1.54, 1.807) is 24.9 Å². The number of amidine groups is 1. The second-order valence-corrected chi connectivity index (χ2v) is 9.46. The summed E-state index contributed by atoms with van der Waals surface area (Å²) in [4.78, 5) is 3.20. The third kappa shape index (κ3) is 4.86. The first kappa shape index (κ1) is 25.4. The van der Waals surface area contributed by atoms with Crippen molar-refractivity contribution in [3.8, 4) is 0 Å². The Hall–Kier alpha value is -3.28. The lowest BCUT2D eigenvalue weighted by atomic mass is 9.75. The van der Waals surface area contributed by atoms with Crippen LogP contribution >= 0.6 is 0 Å². The summed E-state index contributed by atoms with van der Waals surface area (Å²) in [6, 6.07) is 7.79. The molecule has 1 aromatic carbocycles. The Kier molecular flexibility index (Phi) is 6.78. The molecule has 4 heterocycles. The summed E-state index contributed by atoms with van der Waals surface area (Å²) in [5, 5.41) is 11.3. The zero-order valence-electron chi connectivity index (χ0n) is 20.8. The zero-order valence-corrected chi connectivity index (χ0v) is 20.8. The largest absolute Gasteiger partial charge is 0.418 e. The van der Waals surface area contributed by atoms with E-state index < -0.39 is 11.7 Å². The van der Waals surface area contributed by atoms with Gasteiger partial charge in [0, 0.05) is 38.3 Å². The van der Waals surface area contributed by atoms with Crippen molar-refractivity contribution in [2.75, 3.05) is 52.0 Å². The number of nitrogens with one attached hydrogen (secondary N) is 1. The van der Waals surface area contributed by atoms with Crippen LogP contribution in [0.5, 0.6) is 0 Å². The number of hydrogen-bond donors (Lipinski definition) is 1. The smallest absolute Gasteiger partial charge is 0.383 e. The van der Waals surface area contributed by atoms with Crippen LogP contribution in [0.4, 0.5) is 18.9 Å². The van der Waals surface area contributed by atoms with Crippen molar-refractivity contribution < 1.29 is 27.2 Å². The average Bonchev–Trinajstić information content (AvgIpc) is 3.40. The Morgan fingerprint density at radius 1 is 1.24 bits per heavy atom. The van der Waals surface area contributed by atoms with E-state index in [4.69, 9.17) is 9.47 Å². The maximum absolute atomic E-state index is 14.1. The fourth-order valence-electron chi connectivity index (χ4n) is 4.75. The van der Waals surface area contributed by atoms with Crippen LogP contribution in [0.1, 0.15) is 12.0 Å². The van der Waals surface area contributed by atoms with E-state index in [0.29, 0.717) is 44.2 Å². The lowest BCUT2D eigenvalue weighted by Crippen LogP contribution is -2.48. The number of ether oxygens (including phenoxy) is 2. The van der Waals surface area contributed by atoms with Gasteiger partial charge in [0.05, 0.1) is 55.1 Å². The SMILES string of the molecule is C=C1N2C=C(CNCCOC)C=C(C(F)(F)F)C2=CN1c1cccc(C2(CC3=[N+](C)[CH]N=N3)COC2)c1. The van der Waals surface area contributed by atoms with E-state index in [1.165, 1.54) is 17.2 Å². The number of allylic oxidation sites excluding steroid dienone is 1. The van der Waals surface area contributed by atoms with E-state index in [-0.39, 0.29) is 17.7 Å². The molecule has 1 saturated heterocycles. The van der Waals surface area contributed by atoms with E-state index in [2.05, 4.69) is 22.1 Å². The van der Waals surface area contributed by atoms with Gasteiger partial charge < -0.3 is 24.6 Å². The summed E-state index contributed by atoms with van der Waals surface area (Å²) in [5.74, 6) is 1.26. The van der Waals surface area contributed by atoms with Gasteiger partial charge in [0.25, 0.3) is 6.67 Å². The Bertz CT molecular complexity index is 1240. The van der Waals surface area contributed by atoms with Gasteiger partial charge in [-0.25, -0.2) is 4.58 Å². The predicted octanol–water partition coefficient (Wildman–Crippen LogP) is 4.03. The molecule has 1 radical (unpaired) electrons. The maximum Gasteiger partial charge on any atom is 0.418 e. The monoisotopic (exact) mass is 514 g/mol. The van der Waals surface area contributed by atoms with Crippen molar-refractivity contribution in [3.63, 3.8) is 0 Å². The molecule has 0 spiro atoms. The predicted molar refractivity (Wildman–Crippen MR) is 132 cm³/mol. The summed E-state index contributed by atoms with van der Waals surface area (Å²) >= 11 is 0. The van der Waals surface area contributed by atoms with Crippen LogP contribution in [-0.4, -0.2) is 68.6 Å². The summed E-state index contributed by atoms with van der Waals surface area (Å²) in [6.07, 6.45) is 0.514. The minimum absolute atomic E-state index is 0.0457. The Labute approximate surface area is 213 Å². The molecule has 1 N–H and O–H groups in total. The molecule has 0 atom stereocenters. The van der Waals surface area contributed by atoms with Crippen LogP contribution in [0.25, 0.3) is 0 Å². The molecule has 37 heavy (non-hydrogen) atoms. The fourth-order valence-corrected chi connectivity index (χ4v) is 4.75. The van der Waals surface area contributed by atoms with E-state index >= 15 is 0 Å². The van der Waals surface area contributed by atoms with Gasteiger partial charge in [-0.3, -0.25) is 0 Å². The third-order valence-corrected chi connectivity index (χ3v) is 6.88. The molecule has 0 aromatic heterocycles. The molecule has 4 aliphatic heterocycles. The summed E-state index contributed by atoms with van der Waals surface area (Å²) in [7, 11) is 3.48. The van der Waals surface area contributed by atoms with Gasteiger partial charge in [0.1, 0.15) is 5.82 Å². The molecule has 4 aliphatic rings. The van der Waals surface area contributed by atoms with Gasteiger partial charge in [-0.15, -0.1) is 0 Å². The van der Waals surface area contributed by atoms with E-state index in [1.807, 2.05) is 35.9 Å². The minimum Gasteiger partial charge on any atom is -0.383 e. The first-order chi connectivity index (χ1) is 17.7. The van der Waals surface area contributed by atoms with Crippen molar-refractivity contribution >= 4 is 11.5 Å². The highest BCUT2D eigenvalue weighted by Gasteiger charge is 2.46. The molecule has 0 amide bonds. The number of nitrogens with zero attached hydrogens (tertiary/aromatic N) is 5. The van der Waals surface area contributed by atoms with Gasteiger partial charge >= 0.3 is 12.0 Å². The van der Waals surface area contributed by atoms with Crippen molar-refractivity contribution in [1.29, 1.82) is 0 Å². The molecule has 1 aromatic rings. The summed E-state index contributed by atoms with van der Waals surface area (Å²) in [5.41, 5.74) is 1.32. The Morgan fingerprint density at radius 3 is 2.70 bits per heavy atom. The quantitative estimate of drug-likeness (QED) is 0.398. The molecule has 195 valence electrons. The van der Waals surface area contributed by atoms with Crippen LogP contribution in [0.3, 0.4) is 0 Å². The molecule has 0 bridgehead atoms. The number of alkyl halides is 3. The second-order valence-electron chi connectivity index (χ2n) is 9.46. The summed E-state index contributed by atoms with van der Waals surface area (Å²) < 4.78 is 54.7. The van der Waals surface area contributed by atoms with Crippen LogP contribution in [0.2, 0.25) is 0 Å². The van der Waals surface area contributed by atoms with E-state index in [0.717, 1.165) is 17.1 Å². The van der Waals surface area contributed by atoms with Gasteiger partial charge in [0.15, 0.2) is 0 Å². The number of benzene rings is 1. The van der Waals surface area contributed by atoms with Crippen LogP contribution in [0.15, 0.2) is 82.2 Å². The van der Waals surface area contributed by atoms with Crippen LogP contribution in [-0.2, 0) is 14.9 Å². The number of azo groups is 1. The first-order valence-corrected chi connectivity index (χ1v) is 11.9. The van der Waals surface area contributed by atoms with Gasteiger partial charge in [0.2, 0.25) is 0 Å². The van der Waals surface area contributed by atoms with Crippen molar-refractivity contribution in [2.45, 2.75) is 18.0 Å². The molecule has 8 nitrogen and oxygen atoms in total. The summed E-state index contributed by atoms with van der Waals surface area (Å²) in [6.45, 7) is 8.13. The lowest BCUT2D eigenvalue weighted by Gasteiger charge is -2.41. The second kappa shape index (κ2) is 9.88. The zero-order chi connectivity index (χ0) is 26.2. The highest BCUT2D eigenvalue weighted by atomic mass is 19.4. The minimum atomic E-state index is -4.52. The number of anilines is 1. The van der Waals surface area contributed by atoms with Crippen molar-refractivity contribution in [1.82, 2.24) is 10.2 Å². The standard InChI is InChI=1S/C26H29F3N6O2/c1-18-34(14-23-22(26(27,28)29)9-19(13-35(18)23)12-30-7-8-36-3)21-6-4-5-20(10-21)25(15-37-16-25)11-24-32-31-17-33(24)2/h4-6,9-10,13-14,17,30H,1,7-8,11-12,15-16H2,2-3H3/q+1.